The van der Waals surface area contributed by atoms with Gasteiger partial charge in [-0.3, -0.25) is 9.52 Å². The lowest BCUT2D eigenvalue weighted by molar-refractivity contribution is -0.113. The van der Waals surface area contributed by atoms with Gasteiger partial charge in [0.25, 0.3) is 10.0 Å². The molecule has 3 aromatic carbocycles. The third kappa shape index (κ3) is 6.79. The van der Waals surface area contributed by atoms with Gasteiger partial charge in [-0.2, -0.15) is 0 Å². The lowest BCUT2D eigenvalue weighted by Gasteiger charge is -2.11. The van der Waals surface area contributed by atoms with E-state index in [9.17, 15) is 13.2 Å². The summed E-state index contributed by atoms with van der Waals surface area (Å²) in [5.41, 5.74) is 1.75. The van der Waals surface area contributed by atoms with E-state index >= 15 is 0 Å². The Kier molecular flexibility index (Phi) is 8.13. The number of hydrogen-bond donors (Lipinski definition) is 2. The maximum absolute atomic E-state index is 12.6. The van der Waals surface area contributed by atoms with Crippen LogP contribution in [0.25, 0.3) is 0 Å². The number of amides is 1. The number of sulfonamides is 1. The van der Waals surface area contributed by atoms with Gasteiger partial charge in [0.1, 0.15) is 0 Å². The molecule has 0 radical (unpaired) electrons. The summed E-state index contributed by atoms with van der Waals surface area (Å²) in [5, 5.41) is 3.78. The Hall–Kier alpha value is -1.90. The second-order valence-corrected chi connectivity index (χ2v) is 10.3. The Labute approximate surface area is 200 Å². The van der Waals surface area contributed by atoms with Crippen LogP contribution in [0.5, 0.6) is 0 Å². The van der Waals surface area contributed by atoms with Gasteiger partial charge in [0.05, 0.1) is 26.4 Å². The van der Waals surface area contributed by atoms with Crippen LogP contribution in [0.3, 0.4) is 0 Å². The summed E-state index contributed by atoms with van der Waals surface area (Å²) < 4.78 is 27.6. The summed E-state index contributed by atoms with van der Waals surface area (Å²) >= 11 is 19.3. The van der Waals surface area contributed by atoms with Gasteiger partial charge in [0.15, 0.2) is 0 Å². The molecular formula is C21H17Cl3N2O3S2. The number of thioether (sulfide) groups is 1. The molecule has 0 spiro atoms. The van der Waals surface area contributed by atoms with Crippen molar-refractivity contribution in [3.8, 4) is 0 Å². The van der Waals surface area contributed by atoms with Gasteiger partial charge in [-0.1, -0.05) is 53.0 Å². The van der Waals surface area contributed by atoms with Crippen molar-refractivity contribution in [1.82, 2.24) is 0 Å². The highest BCUT2D eigenvalue weighted by atomic mass is 35.5. The van der Waals surface area contributed by atoms with Crippen LogP contribution in [-0.4, -0.2) is 20.1 Å². The van der Waals surface area contributed by atoms with Crippen molar-refractivity contribution in [3.63, 3.8) is 0 Å². The molecule has 0 saturated carbocycles. The van der Waals surface area contributed by atoms with E-state index in [2.05, 4.69) is 10.0 Å². The highest BCUT2D eigenvalue weighted by Gasteiger charge is 2.17. The minimum atomic E-state index is -3.87. The van der Waals surface area contributed by atoms with Crippen LogP contribution in [0, 0.1) is 0 Å². The molecule has 0 aliphatic rings. The molecule has 0 heterocycles. The van der Waals surface area contributed by atoms with Crippen LogP contribution in [-0.2, 0) is 20.6 Å². The molecule has 0 atom stereocenters. The van der Waals surface area contributed by atoms with Crippen molar-refractivity contribution in [1.29, 1.82) is 0 Å². The van der Waals surface area contributed by atoms with Crippen LogP contribution in [0.2, 0.25) is 15.1 Å². The quantitative estimate of drug-likeness (QED) is 0.368. The van der Waals surface area contributed by atoms with Crippen molar-refractivity contribution >= 4 is 73.9 Å². The summed E-state index contributed by atoms with van der Waals surface area (Å²) in [6.45, 7) is 0. The lowest BCUT2D eigenvalue weighted by atomic mass is 10.2. The molecule has 0 aliphatic carbocycles. The first-order chi connectivity index (χ1) is 14.7. The third-order valence-electron chi connectivity index (χ3n) is 4.06. The van der Waals surface area contributed by atoms with E-state index in [0.29, 0.717) is 16.5 Å². The van der Waals surface area contributed by atoms with E-state index < -0.39 is 10.0 Å². The molecule has 162 valence electrons. The lowest BCUT2D eigenvalue weighted by Crippen LogP contribution is -2.15. The molecule has 2 N–H and O–H groups in total. The predicted molar refractivity (Wildman–Crippen MR) is 130 cm³/mol. The standard InChI is InChI=1S/C21H17Cl3N2O3S2/c22-15-6-4-14(5-7-15)12-30-13-20(27)25-16-8-10-17(11-9-16)31(28,29)26-19-3-1-2-18(23)21(19)24/h1-11,26H,12-13H2,(H,25,27). The summed E-state index contributed by atoms with van der Waals surface area (Å²) in [6.07, 6.45) is 0. The fraction of sp³-hybridized carbons (Fsp3) is 0.0952. The molecule has 3 aromatic rings. The monoisotopic (exact) mass is 514 g/mol. The molecule has 1 amide bonds. The van der Waals surface area contributed by atoms with Crippen molar-refractivity contribution in [3.05, 3.63) is 87.4 Å². The average Bonchev–Trinajstić information content (AvgIpc) is 2.73. The molecule has 0 aliphatic heterocycles. The minimum absolute atomic E-state index is 0.0265. The number of nitrogens with one attached hydrogen (secondary N) is 2. The maximum Gasteiger partial charge on any atom is 0.261 e. The topological polar surface area (TPSA) is 75.3 Å². The van der Waals surface area contributed by atoms with Crippen molar-refractivity contribution in [2.75, 3.05) is 15.8 Å². The fourth-order valence-corrected chi connectivity index (χ4v) is 4.93. The molecule has 0 aromatic heterocycles. The summed E-state index contributed by atoms with van der Waals surface area (Å²) in [5.74, 6) is 0.759. The van der Waals surface area contributed by atoms with Crippen molar-refractivity contribution in [2.24, 2.45) is 0 Å². The number of carbonyl (C=O) groups is 1. The number of hydrogen-bond acceptors (Lipinski definition) is 4. The Morgan fingerprint density at radius 2 is 1.58 bits per heavy atom. The Bertz CT molecular complexity index is 1170. The smallest absolute Gasteiger partial charge is 0.261 e. The Morgan fingerprint density at radius 1 is 0.903 bits per heavy atom. The second-order valence-electron chi connectivity index (χ2n) is 6.40. The zero-order valence-corrected chi connectivity index (χ0v) is 19.8. The number of carbonyl (C=O) groups excluding carboxylic acids is 1. The average molecular weight is 516 g/mol. The third-order valence-corrected chi connectivity index (χ3v) is 7.52. The zero-order chi connectivity index (χ0) is 22.4. The van der Waals surface area contributed by atoms with E-state index in [1.807, 2.05) is 24.3 Å². The van der Waals surface area contributed by atoms with Crippen LogP contribution in [0.1, 0.15) is 5.56 Å². The van der Waals surface area contributed by atoms with Gasteiger partial charge in [-0.05, 0) is 54.1 Å². The van der Waals surface area contributed by atoms with Crippen LogP contribution < -0.4 is 10.0 Å². The molecule has 0 saturated heterocycles. The first-order valence-electron chi connectivity index (χ1n) is 8.93. The zero-order valence-electron chi connectivity index (χ0n) is 15.9. The molecular weight excluding hydrogens is 499 g/mol. The molecule has 0 unspecified atom stereocenters. The van der Waals surface area contributed by atoms with E-state index in [1.54, 1.807) is 12.1 Å². The molecule has 3 rings (SSSR count). The normalized spacial score (nSPS) is 11.2. The van der Waals surface area contributed by atoms with Crippen LogP contribution in [0.15, 0.2) is 71.6 Å². The van der Waals surface area contributed by atoms with E-state index in [1.165, 1.54) is 42.1 Å². The van der Waals surface area contributed by atoms with Gasteiger partial charge in [-0.25, -0.2) is 8.42 Å². The number of halogens is 3. The number of benzene rings is 3. The van der Waals surface area contributed by atoms with Gasteiger partial charge in [0, 0.05) is 16.5 Å². The fourth-order valence-electron chi connectivity index (χ4n) is 2.54. The predicted octanol–water partition coefficient (Wildman–Crippen LogP) is 6.32. The highest BCUT2D eigenvalue weighted by molar-refractivity contribution is 7.99. The molecule has 5 nitrogen and oxygen atoms in total. The largest absolute Gasteiger partial charge is 0.325 e. The van der Waals surface area contributed by atoms with Crippen molar-refractivity contribution < 1.29 is 13.2 Å². The maximum atomic E-state index is 12.6. The number of anilines is 2. The summed E-state index contributed by atoms with van der Waals surface area (Å²) in [7, 11) is -3.87. The van der Waals surface area contributed by atoms with E-state index in [-0.39, 0.29) is 32.3 Å². The summed E-state index contributed by atoms with van der Waals surface area (Å²) in [6, 6.07) is 18.0. The molecule has 0 fully saturated rings. The van der Waals surface area contributed by atoms with E-state index in [4.69, 9.17) is 34.8 Å². The SMILES string of the molecule is O=C(CSCc1ccc(Cl)cc1)Nc1ccc(S(=O)(=O)Nc2cccc(Cl)c2Cl)cc1. The van der Waals surface area contributed by atoms with Gasteiger partial charge >= 0.3 is 0 Å². The van der Waals surface area contributed by atoms with Crippen LogP contribution in [0.4, 0.5) is 11.4 Å². The molecule has 31 heavy (non-hydrogen) atoms. The second kappa shape index (κ2) is 10.6. The van der Waals surface area contributed by atoms with Crippen molar-refractivity contribution in [2.45, 2.75) is 10.6 Å². The Balaban J connectivity index is 1.55. The Morgan fingerprint density at radius 3 is 2.26 bits per heavy atom. The van der Waals surface area contributed by atoms with Gasteiger partial charge in [-0.15, -0.1) is 11.8 Å². The molecule has 10 heteroatoms. The summed E-state index contributed by atoms with van der Waals surface area (Å²) in [4.78, 5) is 12.2. The van der Waals surface area contributed by atoms with Gasteiger partial charge < -0.3 is 5.32 Å². The van der Waals surface area contributed by atoms with Crippen LogP contribution >= 0.6 is 46.6 Å². The minimum Gasteiger partial charge on any atom is -0.325 e. The first kappa shape index (κ1) is 23.8. The number of rotatable bonds is 8. The van der Waals surface area contributed by atoms with E-state index in [0.717, 1.165) is 5.56 Å². The highest BCUT2D eigenvalue weighted by Crippen LogP contribution is 2.31. The molecule has 0 bridgehead atoms. The van der Waals surface area contributed by atoms with Gasteiger partial charge in [0.2, 0.25) is 5.91 Å². The first-order valence-corrected chi connectivity index (χ1v) is 12.7.